The van der Waals surface area contributed by atoms with Gasteiger partial charge >= 0.3 is 0 Å². The fraction of sp³-hybridized carbons (Fsp3) is 0.700. The molecule has 78 valence electrons. The van der Waals surface area contributed by atoms with Crippen LogP contribution in [0.5, 0.6) is 0 Å². The van der Waals surface area contributed by atoms with Crippen molar-refractivity contribution in [2.75, 3.05) is 19.6 Å². The van der Waals surface area contributed by atoms with Gasteiger partial charge in [-0.2, -0.15) is 5.10 Å². The number of aryl methyl sites for hydroxylation is 1. The summed E-state index contributed by atoms with van der Waals surface area (Å²) in [5.74, 6) is 0. The van der Waals surface area contributed by atoms with Gasteiger partial charge in [0.2, 0.25) is 0 Å². The molecule has 2 rings (SSSR count). The molecule has 2 heterocycles. The normalized spacial score (nSPS) is 24.0. The second-order valence-corrected chi connectivity index (χ2v) is 4.04. The number of H-pyrrole nitrogens is 1. The Morgan fingerprint density at radius 3 is 3.14 bits per heavy atom. The molecule has 0 radical (unpaired) electrons. The molecule has 2 N–H and O–H groups in total. The van der Waals surface area contributed by atoms with Crippen LogP contribution in [-0.4, -0.2) is 40.8 Å². The van der Waals surface area contributed by atoms with E-state index in [1.807, 2.05) is 6.20 Å². The summed E-state index contributed by atoms with van der Waals surface area (Å²) in [7, 11) is 0. The van der Waals surface area contributed by atoms with Crippen molar-refractivity contribution in [3.05, 3.63) is 17.5 Å². The molecule has 4 heteroatoms. The molecule has 1 saturated heterocycles. The third-order valence-electron chi connectivity index (χ3n) is 2.95. The van der Waals surface area contributed by atoms with E-state index in [1.54, 1.807) is 0 Å². The van der Waals surface area contributed by atoms with E-state index in [0.717, 1.165) is 26.2 Å². The van der Waals surface area contributed by atoms with E-state index in [-0.39, 0.29) is 0 Å². The summed E-state index contributed by atoms with van der Waals surface area (Å²) in [6.45, 7) is 8.69. The van der Waals surface area contributed by atoms with Crippen molar-refractivity contribution in [2.45, 2.75) is 26.4 Å². The van der Waals surface area contributed by atoms with E-state index in [9.17, 15) is 0 Å². The van der Waals surface area contributed by atoms with Gasteiger partial charge in [-0.05, 0) is 13.8 Å². The topological polar surface area (TPSA) is 44.0 Å². The van der Waals surface area contributed by atoms with Crippen molar-refractivity contribution in [3.63, 3.8) is 0 Å². The predicted molar refractivity (Wildman–Crippen MR) is 56.1 cm³/mol. The monoisotopic (exact) mass is 194 g/mol. The van der Waals surface area contributed by atoms with Gasteiger partial charge in [-0.1, -0.05) is 0 Å². The molecule has 1 aromatic rings. The minimum Gasteiger partial charge on any atom is -0.314 e. The third kappa shape index (κ3) is 1.96. The zero-order valence-electron chi connectivity index (χ0n) is 8.88. The molecule has 1 unspecified atom stereocenters. The van der Waals surface area contributed by atoms with Crippen LogP contribution in [0, 0.1) is 6.92 Å². The molecule has 0 amide bonds. The first-order valence-electron chi connectivity index (χ1n) is 5.21. The van der Waals surface area contributed by atoms with Crippen LogP contribution in [0.3, 0.4) is 0 Å². The first-order valence-corrected chi connectivity index (χ1v) is 5.21. The average Bonchev–Trinajstić information content (AvgIpc) is 2.56. The maximum atomic E-state index is 4.04. The number of nitrogens with zero attached hydrogens (tertiary/aromatic N) is 2. The second-order valence-electron chi connectivity index (χ2n) is 4.04. The molecule has 1 fully saturated rings. The summed E-state index contributed by atoms with van der Waals surface area (Å²) in [5.41, 5.74) is 2.51. The number of hydrogen-bond donors (Lipinski definition) is 2. The summed E-state index contributed by atoms with van der Waals surface area (Å²) in [5, 5.41) is 10.4. The first kappa shape index (κ1) is 9.68. The van der Waals surface area contributed by atoms with E-state index in [0.29, 0.717) is 6.04 Å². The number of aromatic nitrogens is 2. The van der Waals surface area contributed by atoms with Crippen molar-refractivity contribution >= 4 is 0 Å². The predicted octanol–water partition coefficient (Wildman–Crippen LogP) is 0.512. The van der Waals surface area contributed by atoms with Gasteiger partial charge in [0.05, 0.1) is 6.20 Å². The van der Waals surface area contributed by atoms with Gasteiger partial charge < -0.3 is 5.32 Å². The molecule has 1 aromatic heterocycles. The lowest BCUT2D eigenvalue weighted by Crippen LogP contribution is -2.49. The lowest BCUT2D eigenvalue weighted by molar-refractivity contribution is 0.165. The third-order valence-corrected chi connectivity index (χ3v) is 2.95. The molecule has 0 saturated carbocycles. The van der Waals surface area contributed by atoms with E-state index in [1.165, 1.54) is 11.3 Å². The molecule has 0 spiro atoms. The second kappa shape index (κ2) is 4.11. The summed E-state index contributed by atoms with van der Waals surface area (Å²) in [6.07, 6.45) is 1.93. The Kier molecular flexibility index (Phi) is 2.84. The molecule has 0 bridgehead atoms. The molecule has 14 heavy (non-hydrogen) atoms. The lowest BCUT2D eigenvalue weighted by atomic mass is 10.1. The standard InChI is InChI=1S/C10H18N4/c1-8-5-11-3-4-14(8)7-10-6-12-13-9(10)2/h6,8,11H,3-5,7H2,1-2H3,(H,12,13). The molecule has 1 atom stereocenters. The Morgan fingerprint density at radius 1 is 1.64 bits per heavy atom. The van der Waals surface area contributed by atoms with Crippen molar-refractivity contribution < 1.29 is 0 Å². The van der Waals surface area contributed by atoms with Gasteiger partial charge in [0, 0.05) is 43.5 Å². The van der Waals surface area contributed by atoms with Crippen LogP contribution in [0.2, 0.25) is 0 Å². The highest BCUT2D eigenvalue weighted by Crippen LogP contribution is 2.11. The van der Waals surface area contributed by atoms with Gasteiger partial charge in [-0.3, -0.25) is 10.00 Å². The maximum Gasteiger partial charge on any atom is 0.0535 e. The van der Waals surface area contributed by atoms with Gasteiger partial charge in [-0.15, -0.1) is 0 Å². The molecule has 4 nitrogen and oxygen atoms in total. The Labute approximate surface area is 84.7 Å². The number of hydrogen-bond acceptors (Lipinski definition) is 3. The lowest BCUT2D eigenvalue weighted by Gasteiger charge is -2.33. The van der Waals surface area contributed by atoms with Gasteiger partial charge in [0.15, 0.2) is 0 Å². The molecular formula is C10H18N4. The van der Waals surface area contributed by atoms with Crippen molar-refractivity contribution in [1.29, 1.82) is 0 Å². The summed E-state index contributed by atoms with van der Waals surface area (Å²) >= 11 is 0. The van der Waals surface area contributed by atoms with Crippen LogP contribution < -0.4 is 5.32 Å². The summed E-state index contributed by atoms with van der Waals surface area (Å²) < 4.78 is 0. The number of piperazine rings is 1. The van der Waals surface area contributed by atoms with Crippen LogP contribution in [0.4, 0.5) is 0 Å². The highest BCUT2D eigenvalue weighted by atomic mass is 15.2. The Hall–Kier alpha value is -0.870. The largest absolute Gasteiger partial charge is 0.314 e. The quantitative estimate of drug-likeness (QED) is 0.721. The number of nitrogens with one attached hydrogen (secondary N) is 2. The minimum atomic E-state index is 0.623. The highest BCUT2D eigenvalue weighted by Gasteiger charge is 2.18. The molecule has 1 aliphatic heterocycles. The van der Waals surface area contributed by atoms with E-state index in [4.69, 9.17) is 0 Å². The molecule has 0 aromatic carbocycles. The number of aromatic amines is 1. The van der Waals surface area contributed by atoms with Crippen molar-refractivity contribution in [2.24, 2.45) is 0 Å². The van der Waals surface area contributed by atoms with Gasteiger partial charge in [0.25, 0.3) is 0 Å². The fourth-order valence-electron chi connectivity index (χ4n) is 1.87. The molecule has 0 aliphatic carbocycles. The zero-order chi connectivity index (χ0) is 9.97. The fourth-order valence-corrected chi connectivity index (χ4v) is 1.87. The number of rotatable bonds is 2. The van der Waals surface area contributed by atoms with Crippen molar-refractivity contribution in [3.8, 4) is 0 Å². The Balaban J connectivity index is 1.99. The Morgan fingerprint density at radius 2 is 2.50 bits per heavy atom. The van der Waals surface area contributed by atoms with E-state index >= 15 is 0 Å². The molecule has 1 aliphatic rings. The van der Waals surface area contributed by atoms with Crippen LogP contribution >= 0.6 is 0 Å². The van der Waals surface area contributed by atoms with Crippen LogP contribution in [0.15, 0.2) is 6.20 Å². The summed E-state index contributed by atoms with van der Waals surface area (Å²) in [6, 6.07) is 0.623. The zero-order valence-corrected chi connectivity index (χ0v) is 8.88. The van der Waals surface area contributed by atoms with Crippen LogP contribution in [-0.2, 0) is 6.54 Å². The van der Waals surface area contributed by atoms with Crippen molar-refractivity contribution in [1.82, 2.24) is 20.4 Å². The highest BCUT2D eigenvalue weighted by molar-refractivity contribution is 5.14. The summed E-state index contributed by atoms with van der Waals surface area (Å²) in [4.78, 5) is 2.49. The van der Waals surface area contributed by atoms with Gasteiger partial charge in [-0.25, -0.2) is 0 Å². The van der Waals surface area contributed by atoms with E-state index in [2.05, 4.69) is 34.3 Å². The van der Waals surface area contributed by atoms with Gasteiger partial charge in [0.1, 0.15) is 0 Å². The maximum absolute atomic E-state index is 4.04. The minimum absolute atomic E-state index is 0.623. The first-order chi connectivity index (χ1) is 6.77. The molecular weight excluding hydrogens is 176 g/mol. The van der Waals surface area contributed by atoms with Crippen LogP contribution in [0.25, 0.3) is 0 Å². The Bertz CT molecular complexity index is 294. The smallest absolute Gasteiger partial charge is 0.0535 e. The van der Waals surface area contributed by atoms with E-state index < -0.39 is 0 Å². The SMILES string of the molecule is Cc1[nH]ncc1CN1CCNCC1C. The van der Waals surface area contributed by atoms with Crippen LogP contribution in [0.1, 0.15) is 18.2 Å². The average molecular weight is 194 g/mol.